The lowest BCUT2D eigenvalue weighted by molar-refractivity contribution is -0.432. The van der Waals surface area contributed by atoms with Gasteiger partial charge in [0.2, 0.25) is 0 Å². The van der Waals surface area contributed by atoms with Crippen molar-refractivity contribution in [3.63, 3.8) is 0 Å². The van der Waals surface area contributed by atoms with Crippen molar-refractivity contribution in [3.8, 4) is 17.2 Å². The minimum absolute atomic E-state index is 0.00578. The van der Waals surface area contributed by atoms with Crippen LogP contribution in [0.15, 0.2) is 133 Å². The molecule has 6 aromatic rings. The molecule has 14 nitrogen and oxygen atoms in total. The Morgan fingerprint density at radius 3 is 2.20 bits per heavy atom. The van der Waals surface area contributed by atoms with Gasteiger partial charge < -0.3 is 20.3 Å². The highest BCUT2D eigenvalue weighted by molar-refractivity contribution is 7.94. The zero-order valence-corrected chi connectivity index (χ0v) is 26.9. The maximum Gasteiger partial charge on any atom is 0.152 e. The molecule has 0 heterocycles. The van der Waals surface area contributed by atoms with Gasteiger partial charge >= 0.3 is 0 Å². The molecule has 0 aliphatic heterocycles. The van der Waals surface area contributed by atoms with E-state index < -0.39 is 0 Å². The summed E-state index contributed by atoms with van der Waals surface area (Å²) in [5.41, 5.74) is 2.40. The van der Waals surface area contributed by atoms with Crippen LogP contribution in [0.4, 0.5) is 34.1 Å². The second-order valence-corrected chi connectivity index (χ2v) is 11.6. The fourth-order valence-corrected chi connectivity index (χ4v) is 5.70. The van der Waals surface area contributed by atoms with Crippen molar-refractivity contribution in [1.29, 1.82) is 0 Å². The van der Waals surface area contributed by atoms with Crippen LogP contribution in [0.5, 0.6) is 17.2 Å². The zero-order chi connectivity index (χ0) is 34.2. The maximum absolute atomic E-state index is 11.2. The first-order valence-corrected chi connectivity index (χ1v) is 15.6. The SMILES string of the molecule is COc1cc(N=Nc2c(SOOO)cc3cc(Nc4ccccc4)ccc3c2O)c(O)cc1N=Nc1ccc2ccc(SOOO)cc2c1. The smallest absolute Gasteiger partial charge is 0.152 e. The Bertz CT molecular complexity index is 2170. The molecule has 0 fully saturated rings. The molecule has 16 heteroatoms. The quantitative estimate of drug-likeness (QED) is 0.0332. The minimum Gasteiger partial charge on any atom is -0.506 e. The molecule has 0 aliphatic carbocycles. The van der Waals surface area contributed by atoms with Crippen LogP contribution in [0.1, 0.15) is 0 Å². The van der Waals surface area contributed by atoms with Crippen LogP contribution in [0, 0.1) is 0 Å². The minimum atomic E-state index is -0.286. The van der Waals surface area contributed by atoms with Gasteiger partial charge in [-0.15, -0.1) is 24.0 Å². The van der Waals surface area contributed by atoms with Gasteiger partial charge in [-0.25, -0.2) is 10.5 Å². The molecule has 6 aromatic carbocycles. The number of azo groups is 2. The lowest BCUT2D eigenvalue weighted by Gasteiger charge is -2.12. The molecule has 0 bridgehead atoms. The molecule has 0 saturated heterocycles. The molecule has 5 N–H and O–H groups in total. The number of nitrogens with one attached hydrogen (secondary N) is 1. The lowest BCUT2D eigenvalue weighted by Crippen LogP contribution is -1.90. The molecule has 0 radical (unpaired) electrons. The number of phenols is 2. The molecule has 0 saturated carbocycles. The molecule has 0 atom stereocenters. The molecule has 0 aliphatic rings. The summed E-state index contributed by atoms with van der Waals surface area (Å²) in [6, 6.07) is 30.3. The lowest BCUT2D eigenvalue weighted by atomic mass is 10.1. The van der Waals surface area contributed by atoms with Crippen LogP contribution >= 0.6 is 24.1 Å². The number of hydrogen-bond acceptors (Lipinski definition) is 16. The van der Waals surface area contributed by atoms with E-state index in [1.807, 2.05) is 54.6 Å². The fraction of sp³-hybridized carbons (Fsp3) is 0.0303. The molecular formula is C33H25N5O9S2. The number of rotatable bonds is 13. The van der Waals surface area contributed by atoms with Crippen LogP contribution in [0.25, 0.3) is 21.5 Å². The molecule has 0 unspecified atom stereocenters. The Morgan fingerprint density at radius 1 is 0.633 bits per heavy atom. The number of phenolic OH excluding ortho intramolecular Hbond substituents is 2. The van der Waals surface area contributed by atoms with Gasteiger partial charge in [-0.2, -0.15) is 5.11 Å². The van der Waals surface area contributed by atoms with Crippen molar-refractivity contribution in [3.05, 3.63) is 103 Å². The highest BCUT2D eigenvalue weighted by Crippen LogP contribution is 2.46. The number of hydrogen-bond donors (Lipinski definition) is 5. The Hall–Kier alpha value is -5.30. The molecule has 6 rings (SSSR count). The van der Waals surface area contributed by atoms with E-state index in [-0.39, 0.29) is 39.2 Å². The van der Waals surface area contributed by atoms with Crippen LogP contribution in [-0.4, -0.2) is 27.8 Å². The van der Waals surface area contributed by atoms with Crippen LogP contribution in [0.3, 0.4) is 0 Å². The van der Waals surface area contributed by atoms with E-state index >= 15 is 0 Å². The number of fused-ring (bicyclic) bond motifs is 2. The van der Waals surface area contributed by atoms with E-state index in [0.29, 0.717) is 33.4 Å². The first-order chi connectivity index (χ1) is 23.9. The summed E-state index contributed by atoms with van der Waals surface area (Å²) in [5, 5.41) is 69.8. The summed E-state index contributed by atoms with van der Waals surface area (Å²) in [6.45, 7) is 0. The number of aromatic hydroxyl groups is 2. The highest BCUT2D eigenvalue weighted by Gasteiger charge is 2.17. The highest BCUT2D eigenvalue weighted by atomic mass is 32.2. The fourth-order valence-electron chi connectivity index (χ4n) is 4.79. The summed E-state index contributed by atoms with van der Waals surface area (Å²) >= 11 is 1.44. The monoisotopic (exact) mass is 699 g/mol. The van der Waals surface area contributed by atoms with E-state index in [2.05, 4.69) is 44.5 Å². The second kappa shape index (κ2) is 15.7. The van der Waals surface area contributed by atoms with Crippen molar-refractivity contribution in [2.45, 2.75) is 9.79 Å². The standard InChI is InChI=1S/C33H25N5O9S2/c1-43-30-18-27(29(39)17-28(30)37-35-24-9-7-19-8-11-25(48-46-44-41)15-20(19)13-24)36-38-32-31(49-47-45-42)16-21-14-23(10-12-26(21)33(32)40)34-22-5-3-2-4-6-22/h2-18,34,39-42H,1H3. The van der Waals surface area contributed by atoms with Crippen molar-refractivity contribution < 1.29 is 44.2 Å². The third-order valence-corrected chi connectivity index (χ3v) is 8.23. The zero-order valence-electron chi connectivity index (χ0n) is 25.3. The molecule has 0 spiro atoms. The van der Waals surface area contributed by atoms with Crippen molar-refractivity contribution >= 4 is 79.8 Å². The predicted octanol–water partition coefficient (Wildman–Crippen LogP) is 10.8. The second-order valence-electron chi connectivity index (χ2n) is 10.1. The molecule has 248 valence electrons. The predicted molar refractivity (Wildman–Crippen MR) is 184 cm³/mol. The summed E-state index contributed by atoms with van der Waals surface area (Å²) in [6.07, 6.45) is 0. The summed E-state index contributed by atoms with van der Waals surface area (Å²) in [4.78, 5) is 0.945. The third-order valence-electron chi connectivity index (χ3n) is 7.03. The number of para-hydroxylation sites is 1. The molecule has 0 aromatic heterocycles. The van der Waals surface area contributed by atoms with Gasteiger partial charge in [0.05, 0.1) is 41.8 Å². The third kappa shape index (κ3) is 8.06. The largest absolute Gasteiger partial charge is 0.506 e. The number of methoxy groups -OCH3 is 1. The summed E-state index contributed by atoms with van der Waals surface area (Å²) in [5.74, 6) is -0.265. The van der Waals surface area contributed by atoms with E-state index in [9.17, 15) is 10.2 Å². The van der Waals surface area contributed by atoms with Gasteiger partial charge in [-0.1, -0.05) is 40.4 Å². The van der Waals surface area contributed by atoms with Crippen molar-refractivity contribution in [2.75, 3.05) is 12.4 Å². The maximum atomic E-state index is 11.2. The van der Waals surface area contributed by atoms with Gasteiger partial charge in [0.25, 0.3) is 0 Å². The number of benzene rings is 6. The topological polar surface area (TPSA) is 189 Å². The molecule has 49 heavy (non-hydrogen) atoms. The average molecular weight is 700 g/mol. The van der Waals surface area contributed by atoms with Crippen molar-refractivity contribution in [2.24, 2.45) is 20.5 Å². The number of anilines is 2. The number of ether oxygens (including phenoxy) is 1. The van der Waals surface area contributed by atoms with Gasteiger partial charge in [-0.05, 0) is 76.8 Å². The van der Waals surface area contributed by atoms with E-state index in [0.717, 1.165) is 34.2 Å². The normalized spacial score (nSPS) is 11.7. The van der Waals surface area contributed by atoms with Crippen LogP contribution < -0.4 is 10.1 Å². The summed E-state index contributed by atoms with van der Waals surface area (Å²) < 4.78 is 14.6. The Labute approximate surface area is 286 Å². The van der Waals surface area contributed by atoms with Gasteiger partial charge in [0.15, 0.2) is 5.75 Å². The Morgan fingerprint density at radius 2 is 1.41 bits per heavy atom. The Kier molecular flexibility index (Phi) is 10.8. The van der Waals surface area contributed by atoms with Gasteiger partial charge in [0.1, 0.15) is 28.6 Å². The number of nitrogens with zero attached hydrogens (tertiary/aromatic N) is 4. The molecule has 0 amide bonds. The van der Waals surface area contributed by atoms with E-state index in [1.54, 1.807) is 36.4 Å². The van der Waals surface area contributed by atoms with Crippen LogP contribution in [-0.2, 0) is 18.7 Å². The van der Waals surface area contributed by atoms with Crippen LogP contribution in [0.2, 0.25) is 0 Å². The average Bonchev–Trinajstić information content (AvgIpc) is 3.12. The Balaban J connectivity index is 1.28. The van der Waals surface area contributed by atoms with E-state index in [4.69, 9.17) is 15.3 Å². The van der Waals surface area contributed by atoms with Crippen molar-refractivity contribution in [1.82, 2.24) is 0 Å². The first kappa shape index (κ1) is 33.6. The molecular weight excluding hydrogens is 675 g/mol. The van der Waals surface area contributed by atoms with E-state index in [1.165, 1.54) is 19.2 Å². The van der Waals surface area contributed by atoms with Gasteiger partial charge in [-0.3, -0.25) is 0 Å². The van der Waals surface area contributed by atoms with Gasteiger partial charge in [0, 0.05) is 33.8 Å². The summed E-state index contributed by atoms with van der Waals surface area (Å²) in [7, 11) is 1.43. The first-order valence-electron chi connectivity index (χ1n) is 14.2.